The zero-order valence-electron chi connectivity index (χ0n) is 28.8. The first kappa shape index (κ1) is 37.6. The van der Waals surface area contributed by atoms with Gasteiger partial charge in [-0.1, -0.05) is 25.1 Å². The van der Waals surface area contributed by atoms with Crippen molar-refractivity contribution >= 4 is 33.3 Å². The van der Waals surface area contributed by atoms with Crippen LogP contribution >= 0.6 is 0 Å². The second kappa shape index (κ2) is 17.5. The van der Waals surface area contributed by atoms with Crippen molar-refractivity contribution in [2.75, 3.05) is 51.1 Å². The van der Waals surface area contributed by atoms with E-state index in [0.29, 0.717) is 35.9 Å². The van der Waals surface area contributed by atoms with Crippen LogP contribution in [0, 0.1) is 5.92 Å². The smallest absolute Gasteiger partial charge is 0.323 e. The maximum Gasteiger partial charge on any atom is 0.323 e. The van der Waals surface area contributed by atoms with Crippen LogP contribution in [0.1, 0.15) is 50.4 Å². The van der Waals surface area contributed by atoms with Crippen molar-refractivity contribution in [1.29, 1.82) is 0 Å². The number of amides is 3. The first-order valence-corrected chi connectivity index (χ1v) is 17.9. The Hall–Kier alpha value is -4.17. The zero-order chi connectivity index (χ0) is 35.6. The lowest BCUT2D eigenvalue weighted by atomic mass is 10.0. The number of aliphatic hydroxyl groups is 1. The molecule has 0 aromatic heterocycles. The molecule has 3 N–H and O–H groups in total. The van der Waals surface area contributed by atoms with Crippen molar-refractivity contribution in [2.45, 2.75) is 63.2 Å². The van der Waals surface area contributed by atoms with Crippen LogP contribution in [0.5, 0.6) is 11.5 Å². The molecule has 1 heterocycles. The summed E-state index contributed by atoms with van der Waals surface area (Å²) < 4.78 is 46.1. The van der Waals surface area contributed by atoms with E-state index in [1.165, 1.54) is 30.6 Å². The maximum absolute atomic E-state index is 14.4. The molecule has 0 fully saturated rings. The van der Waals surface area contributed by atoms with Gasteiger partial charge in [-0.05, 0) is 87.7 Å². The largest absolute Gasteiger partial charge is 0.497 e. The maximum atomic E-state index is 14.4. The highest BCUT2D eigenvalue weighted by atomic mass is 32.2. The molecule has 0 saturated carbocycles. The molecule has 13 heteroatoms. The average molecular weight is 697 g/mol. The number of carbonyl (C=O) groups excluding carboxylic acids is 2. The third-order valence-corrected chi connectivity index (χ3v) is 10.4. The number of fused-ring (bicyclic) bond motifs is 1. The predicted molar refractivity (Wildman–Crippen MR) is 189 cm³/mol. The van der Waals surface area contributed by atoms with E-state index >= 15 is 0 Å². The van der Waals surface area contributed by atoms with E-state index in [2.05, 4.69) is 10.6 Å². The summed E-state index contributed by atoms with van der Waals surface area (Å²) in [5.41, 5.74) is 1.22. The van der Waals surface area contributed by atoms with Gasteiger partial charge in [0.05, 0.1) is 42.4 Å². The second-order valence-electron chi connectivity index (χ2n) is 12.4. The van der Waals surface area contributed by atoms with Crippen LogP contribution in [0.15, 0.2) is 77.7 Å². The fraction of sp³-hybridized carbons (Fsp3) is 0.444. The van der Waals surface area contributed by atoms with Crippen LogP contribution in [0.3, 0.4) is 0 Å². The summed E-state index contributed by atoms with van der Waals surface area (Å²) in [5, 5.41) is 15.8. The zero-order valence-corrected chi connectivity index (χ0v) is 29.6. The minimum Gasteiger partial charge on any atom is -0.497 e. The van der Waals surface area contributed by atoms with Crippen LogP contribution in [-0.4, -0.2) is 93.4 Å². The standard InChI is InChI=1S/C36H48N4O8S/c1-25-22-40(26(2)24-41)35(42)32-21-29(38-36(43)37-28-12-7-6-8-13-28)14-19-33(32)48-27(3)11-9-10-20-47-34(25)23-39(4)49(44,45)31-17-15-30(46-5)16-18-31/h6-8,12-19,21,25-27,34,41H,9-11,20,22-24H2,1-5H3,(H2,37,38,43)/t25-,26+,27+,34+/m0/s1. The Morgan fingerprint density at radius 1 is 1.04 bits per heavy atom. The number of hydrogen-bond donors (Lipinski definition) is 3. The van der Waals surface area contributed by atoms with Crippen LogP contribution in [-0.2, 0) is 14.8 Å². The Kier molecular flexibility index (Phi) is 13.4. The van der Waals surface area contributed by atoms with E-state index in [0.717, 1.165) is 12.8 Å². The van der Waals surface area contributed by atoms with Gasteiger partial charge in [-0.15, -0.1) is 0 Å². The highest BCUT2D eigenvalue weighted by Crippen LogP contribution is 2.29. The number of sulfonamides is 1. The van der Waals surface area contributed by atoms with Crippen molar-refractivity contribution in [3.8, 4) is 11.5 Å². The molecule has 0 spiro atoms. The van der Waals surface area contributed by atoms with Crippen LogP contribution in [0.25, 0.3) is 0 Å². The monoisotopic (exact) mass is 696 g/mol. The summed E-state index contributed by atoms with van der Waals surface area (Å²) >= 11 is 0. The third kappa shape index (κ3) is 10.2. The molecule has 49 heavy (non-hydrogen) atoms. The van der Waals surface area contributed by atoms with Gasteiger partial charge in [-0.2, -0.15) is 4.31 Å². The quantitative estimate of drug-likeness (QED) is 0.268. The highest BCUT2D eigenvalue weighted by molar-refractivity contribution is 7.89. The first-order chi connectivity index (χ1) is 23.4. The topological polar surface area (TPSA) is 147 Å². The van der Waals surface area contributed by atoms with Gasteiger partial charge in [0, 0.05) is 44.0 Å². The fourth-order valence-corrected chi connectivity index (χ4v) is 6.74. The van der Waals surface area contributed by atoms with Crippen molar-refractivity contribution in [3.05, 3.63) is 78.4 Å². The number of hydrogen-bond acceptors (Lipinski definition) is 8. The van der Waals surface area contributed by atoms with Gasteiger partial charge in [0.15, 0.2) is 0 Å². The molecule has 0 bridgehead atoms. The number of urea groups is 1. The highest BCUT2D eigenvalue weighted by Gasteiger charge is 2.32. The third-order valence-electron chi connectivity index (χ3n) is 8.55. The molecule has 12 nitrogen and oxygen atoms in total. The van der Waals surface area contributed by atoms with Crippen molar-refractivity contribution in [3.63, 3.8) is 0 Å². The van der Waals surface area contributed by atoms with Gasteiger partial charge in [0.25, 0.3) is 5.91 Å². The minimum atomic E-state index is -3.85. The van der Waals surface area contributed by atoms with Gasteiger partial charge in [0.1, 0.15) is 11.5 Å². The Labute approximate surface area is 289 Å². The van der Waals surface area contributed by atoms with Crippen molar-refractivity contribution < 1.29 is 37.3 Å². The normalized spacial score (nSPS) is 20.0. The van der Waals surface area contributed by atoms with Crippen LogP contribution in [0.2, 0.25) is 0 Å². The molecule has 3 amide bonds. The lowest BCUT2D eigenvalue weighted by Crippen LogP contribution is -2.48. The average Bonchev–Trinajstić information content (AvgIpc) is 3.09. The number of para-hydroxylation sites is 1. The number of aliphatic hydroxyl groups excluding tert-OH is 1. The summed E-state index contributed by atoms with van der Waals surface area (Å²) in [6, 6.07) is 19.1. The molecular formula is C36H48N4O8S. The lowest BCUT2D eigenvalue weighted by Gasteiger charge is -2.35. The van der Waals surface area contributed by atoms with Gasteiger partial charge < -0.3 is 34.9 Å². The molecule has 0 saturated heterocycles. The van der Waals surface area contributed by atoms with Gasteiger partial charge in [0.2, 0.25) is 10.0 Å². The Morgan fingerprint density at radius 2 is 1.73 bits per heavy atom. The number of ether oxygens (including phenoxy) is 3. The van der Waals surface area contributed by atoms with E-state index in [1.807, 2.05) is 32.0 Å². The summed E-state index contributed by atoms with van der Waals surface area (Å²) in [6.45, 7) is 5.87. The fourth-order valence-electron chi connectivity index (χ4n) is 5.56. The Morgan fingerprint density at radius 3 is 2.41 bits per heavy atom. The first-order valence-electron chi connectivity index (χ1n) is 16.5. The number of methoxy groups -OCH3 is 1. The summed E-state index contributed by atoms with van der Waals surface area (Å²) in [5.74, 6) is 0.171. The van der Waals surface area contributed by atoms with E-state index in [-0.39, 0.29) is 42.2 Å². The number of carbonyl (C=O) groups is 2. The lowest BCUT2D eigenvalue weighted by molar-refractivity contribution is -0.00834. The molecule has 0 radical (unpaired) electrons. The van der Waals surface area contributed by atoms with Gasteiger partial charge >= 0.3 is 6.03 Å². The number of nitrogens with one attached hydrogen (secondary N) is 2. The minimum absolute atomic E-state index is 0.0474. The molecule has 266 valence electrons. The van der Waals surface area contributed by atoms with E-state index in [1.54, 1.807) is 54.3 Å². The predicted octanol–water partition coefficient (Wildman–Crippen LogP) is 5.46. The van der Waals surface area contributed by atoms with Gasteiger partial charge in [-0.3, -0.25) is 4.79 Å². The number of rotatable bonds is 9. The Balaban J connectivity index is 1.62. The SMILES string of the molecule is COc1ccc(S(=O)(=O)N(C)C[C@H]2OCCCC[C@@H](C)Oc3ccc(NC(=O)Nc4ccccc4)cc3C(=O)N([C@H](C)CO)C[C@@H]2C)cc1. The molecular weight excluding hydrogens is 648 g/mol. The molecule has 0 aliphatic carbocycles. The van der Waals surface area contributed by atoms with E-state index < -0.39 is 34.1 Å². The summed E-state index contributed by atoms with van der Waals surface area (Å²) in [4.78, 5) is 28.8. The van der Waals surface area contributed by atoms with Crippen LogP contribution in [0.4, 0.5) is 16.2 Å². The van der Waals surface area contributed by atoms with Crippen LogP contribution < -0.4 is 20.1 Å². The number of benzene rings is 3. The number of anilines is 2. The van der Waals surface area contributed by atoms with Crippen molar-refractivity contribution in [1.82, 2.24) is 9.21 Å². The Bertz CT molecular complexity index is 1640. The molecule has 4 rings (SSSR count). The molecule has 1 aliphatic rings. The second-order valence-corrected chi connectivity index (χ2v) is 14.5. The number of nitrogens with zero attached hydrogens (tertiary/aromatic N) is 2. The van der Waals surface area contributed by atoms with E-state index in [4.69, 9.17) is 14.2 Å². The van der Waals surface area contributed by atoms with Gasteiger partial charge in [-0.25, -0.2) is 13.2 Å². The molecule has 0 unspecified atom stereocenters. The molecule has 4 atom stereocenters. The summed E-state index contributed by atoms with van der Waals surface area (Å²) in [7, 11) is -0.827. The summed E-state index contributed by atoms with van der Waals surface area (Å²) in [6.07, 6.45) is 1.42. The molecule has 1 aliphatic heterocycles. The molecule has 3 aromatic rings. The van der Waals surface area contributed by atoms with Crippen molar-refractivity contribution in [2.24, 2.45) is 5.92 Å². The molecule has 3 aromatic carbocycles. The van der Waals surface area contributed by atoms with E-state index in [9.17, 15) is 23.1 Å². The number of likely N-dealkylation sites (N-methyl/N-ethyl adjacent to an activating group) is 1.